The number of piperazine rings is 1. The van der Waals surface area contributed by atoms with E-state index in [1.807, 2.05) is 6.07 Å². The number of benzene rings is 2. The van der Waals surface area contributed by atoms with Gasteiger partial charge in [-0.2, -0.15) is 13.2 Å². The number of hydrogen-bond acceptors (Lipinski definition) is 4. The number of anilines is 1. The molecular formula is C25H28F3N3O2. The summed E-state index contributed by atoms with van der Waals surface area (Å²) >= 11 is 0. The van der Waals surface area contributed by atoms with E-state index >= 15 is 0 Å². The van der Waals surface area contributed by atoms with E-state index in [4.69, 9.17) is 0 Å². The monoisotopic (exact) mass is 459 g/mol. The molecule has 4 rings (SSSR count). The second-order valence-electron chi connectivity index (χ2n) is 9.91. The summed E-state index contributed by atoms with van der Waals surface area (Å²) in [5.74, 6) is -0.814. The van der Waals surface area contributed by atoms with Gasteiger partial charge in [0.05, 0.1) is 28.9 Å². The van der Waals surface area contributed by atoms with Gasteiger partial charge in [0, 0.05) is 32.7 Å². The number of hydrogen-bond donors (Lipinski definition) is 0. The first kappa shape index (κ1) is 23.3. The van der Waals surface area contributed by atoms with Crippen LogP contribution in [0.2, 0.25) is 0 Å². The Labute approximate surface area is 191 Å². The molecule has 0 unspecified atom stereocenters. The van der Waals surface area contributed by atoms with Crippen LogP contribution in [0.15, 0.2) is 42.5 Å². The van der Waals surface area contributed by atoms with Crippen LogP contribution in [0, 0.1) is 5.41 Å². The molecule has 1 saturated heterocycles. The molecule has 2 heterocycles. The van der Waals surface area contributed by atoms with Crippen LogP contribution < -0.4 is 4.90 Å². The number of alkyl halides is 3. The molecule has 0 aliphatic carbocycles. The summed E-state index contributed by atoms with van der Waals surface area (Å²) < 4.78 is 38.5. The normalized spacial score (nSPS) is 17.6. The van der Waals surface area contributed by atoms with Crippen LogP contribution in [0.1, 0.15) is 52.6 Å². The molecule has 0 aromatic heterocycles. The Morgan fingerprint density at radius 1 is 0.848 bits per heavy atom. The van der Waals surface area contributed by atoms with Crippen LogP contribution >= 0.6 is 0 Å². The van der Waals surface area contributed by atoms with Gasteiger partial charge in [0.1, 0.15) is 0 Å². The summed E-state index contributed by atoms with van der Waals surface area (Å²) in [5.41, 5.74) is 1.39. The van der Waals surface area contributed by atoms with Gasteiger partial charge in [-0.05, 0) is 35.2 Å². The van der Waals surface area contributed by atoms with Crippen molar-refractivity contribution in [3.05, 3.63) is 64.7 Å². The molecule has 2 aromatic carbocycles. The van der Waals surface area contributed by atoms with Gasteiger partial charge >= 0.3 is 6.18 Å². The third kappa shape index (κ3) is 4.90. The first-order valence-electron chi connectivity index (χ1n) is 11.1. The van der Waals surface area contributed by atoms with E-state index in [-0.39, 0.29) is 12.0 Å². The lowest BCUT2D eigenvalue weighted by atomic mass is 9.95. The zero-order chi connectivity index (χ0) is 24.0. The molecule has 0 spiro atoms. The Balaban J connectivity index is 1.51. The average Bonchev–Trinajstić information content (AvgIpc) is 2.98. The van der Waals surface area contributed by atoms with Gasteiger partial charge in [0.15, 0.2) is 0 Å². The molecule has 8 heteroatoms. The van der Waals surface area contributed by atoms with Crippen molar-refractivity contribution in [1.29, 1.82) is 0 Å². The number of nitrogens with zero attached hydrogens (tertiary/aromatic N) is 3. The van der Waals surface area contributed by atoms with Crippen LogP contribution in [0.5, 0.6) is 0 Å². The first-order valence-corrected chi connectivity index (χ1v) is 11.1. The highest BCUT2D eigenvalue weighted by Crippen LogP contribution is 2.34. The minimum atomic E-state index is -4.43. The highest BCUT2D eigenvalue weighted by Gasteiger charge is 2.39. The average molecular weight is 460 g/mol. The number of fused-ring (bicyclic) bond motifs is 1. The highest BCUT2D eigenvalue weighted by molar-refractivity contribution is 6.23. The number of halogens is 3. The number of rotatable bonds is 4. The fraction of sp³-hybridized carbons (Fsp3) is 0.440. The SMILES string of the molecule is CC(C)(C)CN1CCN(c2cccc3c2C(=O)N(Cc2ccc(C(F)(F)F)cc2)C3=O)CC1. The number of carbonyl (C=O) groups is 2. The van der Waals surface area contributed by atoms with Gasteiger partial charge in [0.2, 0.25) is 0 Å². The Morgan fingerprint density at radius 2 is 1.48 bits per heavy atom. The summed E-state index contributed by atoms with van der Waals surface area (Å²) in [7, 11) is 0. The van der Waals surface area contributed by atoms with Gasteiger partial charge in [-0.3, -0.25) is 19.4 Å². The Morgan fingerprint density at radius 3 is 2.06 bits per heavy atom. The van der Waals surface area contributed by atoms with E-state index in [1.54, 1.807) is 12.1 Å². The quantitative estimate of drug-likeness (QED) is 0.624. The third-order valence-corrected chi connectivity index (χ3v) is 6.01. The van der Waals surface area contributed by atoms with Gasteiger partial charge in [-0.25, -0.2) is 0 Å². The van der Waals surface area contributed by atoms with Crippen LogP contribution in [-0.2, 0) is 12.7 Å². The molecule has 0 bridgehead atoms. The maximum Gasteiger partial charge on any atom is 0.416 e. The van der Waals surface area contributed by atoms with Crippen LogP contribution in [-0.4, -0.2) is 54.3 Å². The smallest absolute Gasteiger partial charge is 0.368 e. The molecule has 2 aromatic rings. The molecule has 2 aliphatic rings. The molecule has 2 aliphatic heterocycles. The number of imide groups is 1. The molecule has 0 N–H and O–H groups in total. The van der Waals surface area contributed by atoms with E-state index in [9.17, 15) is 22.8 Å². The van der Waals surface area contributed by atoms with E-state index < -0.39 is 23.6 Å². The summed E-state index contributed by atoms with van der Waals surface area (Å²) in [6, 6.07) is 9.84. The molecule has 2 amide bonds. The second-order valence-corrected chi connectivity index (χ2v) is 9.91. The van der Waals surface area contributed by atoms with E-state index in [2.05, 4.69) is 30.6 Å². The van der Waals surface area contributed by atoms with E-state index in [1.165, 1.54) is 12.1 Å². The van der Waals surface area contributed by atoms with Gasteiger partial charge < -0.3 is 4.90 Å². The zero-order valence-corrected chi connectivity index (χ0v) is 19.1. The predicted octanol–water partition coefficient (Wildman–Crippen LogP) is 4.67. The fourth-order valence-electron chi connectivity index (χ4n) is 4.52. The minimum Gasteiger partial charge on any atom is -0.368 e. The molecule has 176 valence electrons. The van der Waals surface area contributed by atoms with Crippen molar-refractivity contribution in [2.75, 3.05) is 37.6 Å². The Kier molecular flexibility index (Phi) is 5.99. The number of carbonyl (C=O) groups excluding carboxylic acids is 2. The van der Waals surface area contributed by atoms with Crippen molar-refractivity contribution >= 4 is 17.5 Å². The molecule has 0 atom stereocenters. The summed E-state index contributed by atoms with van der Waals surface area (Å²) in [5, 5.41) is 0. The Bertz CT molecular complexity index is 1050. The Hall–Kier alpha value is -2.87. The second kappa shape index (κ2) is 8.48. The molecular weight excluding hydrogens is 431 g/mol. The predicted molar refractivity (Wildman–Crippen MR) is 120 cm³/mol. The van der Waals surface area contributed by atoms with Crippen molar-refractivity contribution in [1.82, 2.24) is 9.80 Å². The van der Waals surface area contributed by atoms with Gasteiger partial charge in [-0.1, -0.05) is 39.0 Å². The molecule has 0 radical (unpaired) electrons. The molecule has 5 nitrogen and oxygen atoms in total. The number of amides is 2. The van der Waals surface area contributed by atoms with Crippen LogP contribution in [0.3, 0.4) is 0 Å². The summed E-state index contributed by atoms with van der Waals surface area (Å²) in [6.07, 6.45) is -4.43. The minimum absolute atomic E-state index is 0.0662. The van der Waals surface area contributed by atoms with Crippen molar-refractivity contribution < 1.29 is 22.8 Å². The van der Waals surface area contributed by atoms with Crippen molar-refractivity contribution in [2.24, 2.45) is 5.41 Å². The molecule has 1 fully saturated rings. The van der Waals surface area contributed by atoms with Crippen LogP contribution in [0.25, 0.3) is 0 Å². The van der Waals surface area contributed by atoms with Crippen molar-refractivity contribution in [3.63, 3.8) is 0 Å². The summed E-state index contributed by atoms with van der Waals surface area (Å²) in [6.45, 7) is 10.8. The largest absolute Gasteiger partial charge is 0.416 e. The van der Waals surface area contributed by atoms with Crippen molar-refractivity contribution in [2.45, 2.75) is 33.5 Å². The lowest BCUT2D eigenvalue weighted by molar-refractivity contribution is -0.137. The lowest BCUT2D eigenvalue weighted by Crippen LogP contribution is -2.49. The van der Waals surface area contributed by atoms with Crippen LogP contribution in [0.4, 0.5) is 18.9 Å². The van der Waals surface area contributed by atoms with E-state index in [0.29, 0.717) is 16.7 Å². The van der Waals surface area contributed by atoms with Gasteiger partial charge in [0.25, 0.3) is 11.8 Å². The highest BCUT2D eigenvalue weighted by atomic mass is 19.4. The fourth-order valence-corrected chi connectivity index (χ4v) is 4.52. The molecule has 33 heavy (non-hydrogen) atoms. The standard InChI is InChI=1S/C25H28F3N3O2/c1-24(2,3)16-29-11-13-30(14-12-29)20-6-4-5-19-21(20)23(33)31(22(19)32)15-17-7-9-18(10-8-17)25(26,27)28/h4-10H,11-16H2,1-3H3. The maximum atomic E-state index is 13.2. The first-order chi connectivity index (χ1) is 15.4. The van der Waals surface area contributed by atoms with Gasteiger partial charge in [-0.15, -0.1) is 0 Å². The lowest BCUT2D eigenvalue weighted by Gasteiger charge is -2.39. The maximum absolute atomic E-state index is 13.2. The molecule has 0 saturated carbocycles. The topological polar surface area (TPSA) is 43.9 Å². The zero-order valence-electron chi connectivity index (χ0n) is 19.1. The van der Waals surface area contributed by atoms with E-state index in [0.717, 1.165) is 55.4 Å². The third-order valence-electron chi connectivity index (χ3n) is 6.01. The summed E-state index contributed by atoms with van der Waals surface area (Å²) in [4.78, 5) is 31.9. The van der Waals surface area contributed by atoms with Crippen molar-refractivity contribution in [3.8, 4) is 0 Å².